The highest BCUT2D eigenvalue weighted by Crippen LogP contribution is 2.35. The van der Waals surface area contributed by atoms with Crippen molar-refractivity contribution in [3.05, 3.63) is 59.6 Å². The zero-order valence-corrected chi connectivity index (χ0v) is 31.9. The zero-order valence-electron chi connectivity index (χ0n) is 31.1. The van der Waals surface area contributed by atoms with Crippen LogP contribution < -0.4 is 16.4 Å². The van der Waals surface area contributed by atoms with E-state index in [-0.39, 0.29) is 25.9 Å². The maximum Gasteiger partial charge on any atom is 0.243 e. The van der Waals surface area contributed by atoms with Gasteiger partial charge in [-0.15, -0.1) is 0 Å². The topological polar surface area (TPSA) is 211 Å². The fourth-order valence-corrected chi connectivity index (χ4v) is 9.30. The molecule has 5 atom stereocenters. The van der Waals surface area contributed by atoms with Crippen LogP contribution in [0.4, 0.5) is 0 Å². The van der Waals surface area contributed by atoms with Crippen LogP contribution in [0.25, 0.3) is 5.53 Å². The van der Waals surface area contributed by atoms with Crippen LogP contribution in [0.5, 0.6) is 0 Å². The maximum atomic E-state index is 14.3. The first-order valence-electron chi connectivity index (χ1n) is 19.2. The number of carbonyl (C=O) groups is 3. The largest absolute Gasteiger partial charge is 0.712 e. The van der Waals surface area contributed by atoms with Gasteiger partial charge in [0.15, 0.2) is 9.84 Å². The minimum absolute atomic E-state index is 0.0502. The first kappa shape index (κ1) is 40.5. The number of nitrogens with zero attached hydrogens (tertiary/aromatic N) is 4. The van der Waals surface area contributed by atoms with E-state index in [1.54, 1.807) is 6.20 Å². The van der Waals surface area contributed by atoms with Gasteiger partial charge in [0.1, 0.15) is 10.8 Å². The van der Waals surface area contributed by atoms with Crippen molar-refractivity contribution in [3.63, 3.8) is 0 Å². The molecule has 2 saturated carbocycles. The van der Waals surface area contributed by atoms with E-state index in [0.717, 1.165) is 44.1 Å². The summed E-state index contributed by atoms with van der Waals surface area (Å²) in [4.78, 5) is 50.8. The molecule has 0 radical (unpaired) electrons. The van der Waals surface area contributed by atoms with Crippen LogP contribution in [0.3, 0.4) is 0 Å². The van der Waals surface area contributed by atoms with Gasteiger partial charge in [-0.1, -0.05) is 75.3 Å². The number of ether oxygens (including phenoxy) is 1. The molecule has 15 heteroatoms. The molecule has 1 saturated heterocycles. The molecule has 2 aromatic rings. The number of imidazole rings is 1. The number of carbonyl (C=O) groups excluding carboxylic acids is 3. The summed E-state index contributed by atoms with van der Waals surface area (Å²) < 4.78 is 31.8. The smallest absolute Gasteiger partial charge is 0.243 e. The van der Waals surface area contributed by atoms with Gasteiger partial charge < -0.3 is 41.6 Å². The predicted octanol–water partition coefficient (Wildman–Crippen LogP) is 3.32. The highest BCUT2D eigenvalue weighted by molar-refractivity contribution is 7.93. The molecule has 3 amide bonds. The van der Waals surface area contributed by atoms with Gasteiger partial charge in [-0.25, -0.2) is 13.4 Å². The third-order valence-corrected chi connectivity index (χ3v) is 13.8. The van der Waals surface area contributed by atoms with Crippen molar-refractivity contribution in [2.24, 2.45) is 28.6 Å². The first-order valence-corrected chi connectivity index (χ1v) is 20.8. The monoisotopic (exact) mass is 753 g/mol. The van der Waals surface area contributed by atoms with Gasteiger partial charge in [0, 0.05) is 37.4 Å². The van der Waals surface area contributed by atoms with Crippen LogP contribution in [-0.2, 0) is 41.8 Å². The fourth-order valence-electron chi connectivity index (χ4n) is 7.69. The van der Waals surface area contributed by atoms with Crippen molar-refractivity contribution in [3.8, 4) is 0 Å². The Morgan fingerprint density at radius 2 is 1.68 bits per heavy atom. The number of amides is 3. The van der Waals surface area contributed by atoms with Crippen molar-refractivity contribution < 1.29 is 27.5 Å². The lowest BCUT2D eigenvalue weighted by Crippen LogP contribution is -2.58. The predicted molar refractivity (Wildman–Crippen MR) is 201 cm³/mol. The number of rotatable bonds is 19. The summed E-state index contributed by atoms with van der Waals surface area (Å²) in [6.45, 7) is 3.98. The molecule has 1 aromatic heterocycles. The van der Waals surface area contributed by atoms with Crippen LogP contribution in [0, 0.1) is 17.8 Å². The van der Waals surface area contributed by atoms with E-state index in [0.29, 0.717) is 43.6 Å². The summed E-state index contributed by atoms with van der Waals surface area (Å²) in [5.74, 6) is -2.59. The van der Waals surface area contributed by atoms with E-state index in [9.17, 15) is 28.3 Å². The molecule has 3 aliphatic rings. The van der Waals surface area contributed by atoms with Gasteiger partial charge in [-0.05, 0) is 50.5 Å². The normalized spacial score (nSPS) is 20.1. The van der Waals surface area contributed by atoms with Crippen molar-refractivity contribution >= 4 is 27.6 Å². The van der Waals surface area contributed by atoms with Gasteiger partial charge in [-0.2, -0.15) is 0 Å². The molecule has 53 heavy (non-hydrogen) atoms. The summed E-state index contributed by atoms with van der Waals surface area (Å²) in [6, 6.07) is 6.19. The molecule has 1 aromatic carbocycles. The second kappa shape index (κ2) is 18.6. The molecule has 2 aliphatic carbocycles. The van der Waals surface area contributed by atoms with E-state index in [1.807, 2.05) is 30.3 Å². The number of hydrogen-bond donors (Lipinski definition) is 4. The Bertz CT molecular complexity index is 1610. The Hall–Kier alpha value is -3.69. The Balaban J connectivity index is 1.39. The molecular formula is C38H57N8O6S-. The van der Waals surface area contributed by atoms with Crippen molar-refractivity contribution in [2.45, 2.75) is 113 Å². The lowest BCUT2D eigenvalue weighted by atomic mass is 9.81. The van der Waals surface area contributed by atoms with Crippen molar-refractivity contribution in [1.29, 1.82) is 0 Å². The number of sulfone groups is 1. The number of morpholine rings is 1. The number of benzene rings is 1. The van der Waals surface area contributed by atoms with Crippen LogP contribution in [0.1, 0.15) is 82.9 Å². The molecule has 292 valence electrons. The SMILES string of the molecule is CC(C)(C(=O)N1CCOCC1)S(=O)(=O)C[C@@H](Cc1ccccc1)C(=O)N[C@@H](Cc1cnc[nH]1)C(=O)N[C@@H](CC1CCCCC1)[C@@H](N=[N-])[C@@H](N)CC1CC1. The molecule has 2 heterocycles. The summed E-state index contributed by atoms with van der Waals surface area (Å²) in [5, 5.41) is 9.72. The van der Waals surface area contributed by atoms with E-state index in [4.69, 9.17) is 10.5 Å². The van der Waals surface area contributed by atoms with Gasteiger partial charge >= 0.3 is 0 Å². The standard InChI is InChI=1S/C38H57N8O6S/c1-38(2,37(49)46-15-17-52-18-16-46)53(50,51)24-29(19-26-9-5-3-6-10-26)35(47)44-33(22-30-23-41-25-42-30)36(48)43-32(21-27-11-7-4-8-12-27)34(45-40)31(39)20-28-13-14-28/h3,5-6,9-10,23,25,27-29,31-34H,4,7-8,11-22,24,39H2,1-2H3,(H,41,42)(H,43,48)(H,44,47)/q-1/t29-,31+,32+,33+,34+/m1/s1. The second-order valence-corrected chi connectivity index (χ2v) is 18.3. The highest BCUT2D eigenvalue weighted by atomic mass is 32.2. The quantitative estimate of drug-likeness (QED) is 0.156. The zero-order chi connectivity index (χ0) is 38.0. The number of H-pyrrole nitrogens is 1. The molecule has 5 N–H and O–H groups in total. The van der Waals surface area contributed by atoms with Crippen molar-refractivity contribution in [1.82, 2.24) is 25.5 Å². The molecule has 0 bridgehead atoms. The van der Waals surface area contributed by atoms with Gasteiger partial charge in [-0.3, -0.25) is 14.4 Å². The number of hydrogen-bond acceptors (Lipinski definition) is 9. The lowest BCUT2D eigenvalue weighted by Gasteiger charge is -2.36. The Kier molecular flexibility index (Phi) is 14.2. The van der Waals surface area contributed by atoms with Crippen LogP contribution >= 0.6 is 0 Å². The van der Waals surface area contributed by atoms with Gasteiger partial charge in [0.05, 0.1) is 43.3 Å². The van der Waals surface area contributed by atoms with Crippen LogP contribution in [-0.4, -0.2) is 102 Å². The third kappa shape index (κ3) is 11.2. The summed E-state index contributed by atoms with van der Waals surface area (Å²) in [5.41, 5.74) is 18.2. The molecule has 1 aliphatic heterocycles. The van der Waals surface area contributed by atoms with Gasteiger partial charge in [0.25, 0.3) is 0 Å². The molecule has 3 fully saturated rings. The fraction of sp³-hybridized carbons (Fsp3) is 0.684. The molecule has 14 nitrogen and oxygen atoms in total. The Labute approximate surface area is 313 Å². The van der Waals surface area contributed by atoms with E-state index < -0.39 is 68.1 Å². The summed E-state index contributed by atoms with van der Waals surface area (Å²) >= 11 is 0. The minimum atomic E-state index is -4.21. The number of aromatic amines is 1. The Morgan fingerprint density at radius 1 is 1.00 bits per heavy atom. The minimum Gasteiger partial charge on any atom is -0.712 e. The van der Waals surface area contributed by atoms with Crippen molar-refractivity contribution in [2.75, 3.05) is 32.1 Å². The second-order valence-electron chi connectivity index (χ2n) is 15.7. The number of nitrogens with one attached hydrogen (secondary N) is 3. The Morgan fingerprint density at radius 3 is 2.30 bits per heavy atom. The molecule has 0 unspecified atom stereocenters. The average molecular weight is 754 g/mol. The maximum absolute atomic E-state index is 14.3. The van der Waals surface area contributed by atoms with Crippen LogP contribution in [0.15, 0.2) is 48.0 Å². The summed E-state index contributed by atoms with van der Waals surface area (Å²) in [6.07, 6.45) is 12.0. The number of aromatic nitrogens is 2. The van der Waals surface area contributed by atoms with E-state index >= 15 is 0 Å². The molecule has 0 spiro atoms. The summed E-state index contributed by atoms with van der Waals surface area (Å²) in [7, 11) is -4.21. The number of nitrogens with two attached hydrogens (primary N) is 1. The van der Waals surface area contributed by atoms with E-state index in [1.165, 1.54) is 31.5 Å². The van der Waals surface area contributed by atoms with Crippen LogP contribution in [0.2, 0.25) is 0 Å². The lowest BCUT2D eigenvalue weighted by molar-refractivity contribution is -0.137. The van der Waals surface area contributed by atoms with E-state index in [2.05, 4.69) is 25.7 Å². The average Bonchev–Trinajstić information content (AvgIpc) is 3.81. The van der Waals surface area contributed by atoms with Gasteiger partial charge in [0.2, 0.25) is 17.7 Å². The first-order chi connectivity index (χ1) is 25.4. The molecule has 5 rings (SSSR count). The third-order valence-electron chi connectivity index (χ3n) is 11.2. The molecular weight excluding hydrogens is 697 g/mol. The highest BCUT2D eigenvalue weighted by Gasteiger charge is 2.46.